The number of hydrogen-bond donors (Lipinski definition) is 2. The monoisotopic (exact) mass is 283 g/mol. The van der Waals surface area contributed by atoms with Crippen LogP contribution in [0.2, 0.25) is 0 Å². The summed E-state index contributed by atoms with van der Waals surface area (Å²) in [5.41, 5.74) is 5.43. The molecule has 0 aromatic heterocycles. The number of nitro benzene ring substituents is 1. The van der Waals surface area contributed by atoms with Crippen LogP contribution in [0.15, 0.2) is 23.4 Å². The predicted octanol–water partition coefficient (Wildman–Crippen LogP) is 1.49. The standard InChI is InChI=1S/C12H17N3O5/c1-19-6-2-3-7-20-11-5-4-9(12(13)14-16)8-10(11)15(17)18/h4-5,8,16H,2-3,6-7H2,1H3,(H2,13,14). The van der Waals surface area contributed by atoms with Gasteiger partial charge in [-0.25, -0.2) is 0 Å². The maximum Gasteiger partial charge on any atom is 0.311 e. The van der Waals surface area contributed by atoms with Crippen molar-refractivity contribution in [2.24, 2.45) is 10.9 Å². The van der Waals surface area contributed by atoms with Gasteiger partial charge in [-0.2, -0.15) is 0 Å². The topological polar surface area (TPSA) is 120 Å². The highest BCUT2D eigenvalue weighted by Crippen LogP contribution is 2.28. The summed E-state index contributed by atoms with van der Waals surface area (Å²) < 4.78 is 10.3. The molecule has 0 saturated carbocycles. The summed E-state index contributed by atoms with van der Waals surface area (Å²) in [6, 6.07) is 4.13. The molecule has 20 heavy (non-hydrogen) atoms. The SMILES string of the molecule is COCCCCOc1ccc(/C(N)=N/O)cc1[N+](=O)[O-]. The average Bonchev–Trinajstić information content (AvgIpc) is 2.46. The van der Waals surface area contributed by atoms with Gasteiger partial charge < -0.3 is 20.4 Å². The molecule has 0 saturated heterocycles. The first kappa shape index (κ1) is 15.7. The summed E-state index contributed by atoms with van der Waals surface area (Å²) in [7, 11) is 1.61. The van der Waals surface area contributed by atoms with Gasteiger partial charge in [-0.3, -0.25) is 10.1 Å². The van der Waals surface area contributed by atoms with Crippen molar-refractivity contribution in [1.29, 1.82) is 0 Å². The normalized spacial score (nSPS) is 11.3. The summed E-state index contributed by atoms with van der Waals surface area (Å²) in [5.74, 6) is -0.0401. The second-order valence-corrected chi connectivity index (χ2v) is 3.97. The van der Waals surface area contributed by atoms with Crippen molar-refractivity contribution in [3.63, 3.8) is 0 Å². The van der Waals surface area contributed by atoms with Crippen molar-refractivity contribution in [1.82, 2.24) is 0 Å². The summed E-state index contributed by atoms with van der Waals surface area (Å²) in [6.07, 6.45) is 1.54. The van der Waals surface area contributed by atoms with Crippen LogP contribution >= 0.6 is 0 Å². The van der Waals surface area contributed by atoms with Crippen molar-refractivity contribution >= 4 is 11.5 Å². The van der Waals surface area contributed by atoms with Gasteiger partial charge in [-0.1, -0.05) is 5.16 Å². The number of nitrogens with two attached hydrogens (primary N) is 1. The number of benzene rings is 1. The first-order valence-corrected chi connectivity index (χ1v) is 5.98. The van der Waals surface area contributed by atoms with E-state index in [0.717, 1.165) is 12.8 Å². The van der Waals surface area contributed by atoms with Crippen LogP contribution in [0.1, 0.15) is 18.4 Å². The van der Waals surface area contributed by atoms with Crippen LogP contribution in [0.3, 0.4) is 0 Å². The lowest BCUT2D eigenvalue weighted by Crippen LogP contribution is -2.13. The van der Waals surface area contributed by atoms with Crippen molar-refractivity contribution < 1.29 is 19.6 Å². The summed E-state index contributed by atoms with van der Waals surface area (Å²) >= 11 is 0. The van der Waals surface area contributed by atoms with E-state index in [1.807, 2.05) is 0 Å². The zero-order valence-corrected chi connectivity index (χ0v) is 11.1. The fraction of sp³-hybridized carbons (Fsp3) is 0.417. The Bertz CT molecular complexity index is 490. The quantitative estimate of drug-likeness (QED) is 0.186. The van der Waals surface area contributed by atoms with Gasteiger partial charge >= 0.3 is 5.69 Å². The lowest BCUT2D eigenvalue weighted by molar-refractivity contribution is -0.385. The third-order valence-corrected chi connectivity index (χ3v) is 2.56. The lowest BCUT2D eigenvalue weighted by atomic mass is 10.1. The van der Waals surface area contributed by atoms with Crippen LogP contribution < -0.4 is 10.5 Å². The Morgan fingerprint density at radius 2 is 2.15 bits per heavy atom. The number of nitro groups is 1. The van der Waals surface area contributed by atoms with Gasteiger partial charge in [0.15, 0.2) is 11.6 Å². The number of nitrogens with zero attached hydrogens (tertiary/aromatic N) is 2. The van der Waals surface area contributed by atoms with E-state index in [4.69, 9.17) is 20.4 Å². The van der Waals surface area contributed by atoms with E-state index in [-0.39, 0.29) is 22.8 Å². The predicted molar refractivity (Wildman–Crippen MR) is 72.2 cm³/mol. The molecule has 0 fully saturated rings. The summed E-state index contributed by atoms with van der Waals surface area (Å²) in [6.45, 7) is 0.973. The fourth-order valence-electron chi connectivity index (χ4n) is 1.53. The number of rotatable bonds is 8. The Kier molecular flexibility index (Phi) is 6.24. The van der Waals surface area contributed by atoms with Crippen molar-refractivity contribution in [2.75, 3.05) is 20.3 Å². The molecule has 0 amide bonds. The molecule has 0 aliphatic rings. The molecule has 0 aliphatic carbocycles. The second kappa shape index (κ2) is 7.95. The maximum atomic E-state index is 11.0. The molecular formula is C12H17N3O5. The van der Waals surface area contributed by atoms with Gasteiger partial charge in [0.1, 0.15) is 0 Å². The minimum absolute atomic E-state index is 0.155. The summed E-state index contributed by atoms with van der Waals surface area (Å²) in [4.78, 5) is 10.4. The van der Waals surface area contributed by atoms with Crippen LogP contribution in [0.25, 0.3) is 0 Å². The Morgan fingerprint density at radius 1 is 1.45 bits per heavy atom. The van der Waals surface area contributed by atoms with E-state index >= 15 is 0 Å². The molecule has 0 heterocycles. The van der Waals surface area contributed by atoms with Crippen LogP contribution in [0.5, 0.6) is 5.75 Å². The first-order chi connectivity index (χ1) is 9.60. The average molecular weight is 283 g/mol. The number of hydrogen-bond acceptors (Lipinski definition) is 6. The van der Waals surface area contributed by atoms with Gasteiger partial charge in [0.05, 0.1) is 11.5 Å². The Labute approximate surface area is 115 Å². The highest BCUT2D eigenvalue weighted by Gasteiger charge is 2.17. The smallest absolute Gasteiger partial charge is 0.311 e. The maximum absolute atomic E-state index is 11.0. The second-order valence-electron chi connectivity index (χ2n) is 3.97. The molecule has 0 radical (unpaired) electrons. The van der Waals surface area contributed by atoms with Gasteiger partial charge in [0.25, 0.3) is 0 Å². The van der Waals surface area contributed by atoms with Gasteiger partial charge in [-0.05, 0) is 25.0 Å². The molecule has 0 aliphatic heterocycles. The van der Waals surface area contributed by atoms with Crippen molar-refractivity contribution in [3.8, 4) is 5.75 Å². The Hall–Kier alpha value is -2.35. The van der Waals surface area contributed by atoms with Gasteiger partial charge in [0.2, 0.25) is 0 Å². The van der Waals surface area contributed by atoms with Gasteiger partial charge in [-0.15, -0.1) is 0 Å². The lowest BCUT2D eigenvalue weighted by Gasteiger charge is -2.07. The van der Waals surface area contributed by atoms with Crippen LogP contribution in [-0.4, -0.2) is 36.3 Å². The fourth-order valence-corrected chi connectivity index (χ4v) is 1.53. The minimum Gasteiger partial charge on any atom is -0.487 e. The number of methoxy groups -OCH3 is 1. The third-order valence-electron chi connectivity index (χ3n) is 2.56. The van der Waals surface area contributed by atoms with E-state index in [0.29, 0.717) is 13.2 Å². The number of ether oxygens (including phenoxy) is 2. The third kappa shape index (κ3) is 4.39. The minimum atomic E-state index is -0.571. The zero-order valence-electron chi connectivity index (χ0n) is 11.1. The molecule has 110 valence electrons. The van der Waals surface area contributed by atoms with E-state index < -0.39 is 4.92 Å². The molecule has 1 aromatic rings. The molecule has 0 unspecified atom stereocenters. The number of oxime groups is 1. The molecule has 0 spiro atoms. The molecule has 0 atom stereocenters. The Morgan fingerprint density at radius 3 is 2.75 bits per heavy atom. The molecule has 1 rings (SSSR count). The zero-order chi connectivity index (χ0) is 15.0. The van der Waals surface area contributed by atoms with Crippen LogP contribution in [0, 0.1) is 10.1 Å². The number of amidine groups is 1. The van der Waals surface area contributed by atoms with E-state index in [2.05, 4.69) is 5.16 Å². The molecule has 8 nitrogen and oxygen atoms in total. The Balaban J connectivity index is 2.78. The van der Waals surface area contributed by atoms with Crippen molar-refractivity contribution in [3.05, 3.63) is 33.9 Å². The highest BCUT2D eigenvalue weighted by molar-refractivity contribution is 5.97. The van der Waals surface area contributed by atoms with E-state index in [1.54, 1.807) is 7.11 Å². The number of unbranched alkanes of at least 4 members (excludes halogenated alkanes) is 1. The van der Waals surface area contributed by atoms with Crippen LogP contribution in [-0.2, 0) is 4.74 Å². The van der Waals surface area contributed by atoms with Crippen molar-refractivity contribution in [2.45, 2.75) is 12.8 Å². The van der Waals surface area contributed by atoms with E-state index in [9.17, 15) is 10.1 Å². The van der Waals surface area contributed by atoms with E-state index in [1.165, 1.54) is 18.2 Å². The van der Waals surface area contributed by atoms with Gasteiger partial charge in [0, 0.05) is 25.3 Å². The highest BCUT2D eigenvalue weighted by atomic mass is 16.6. The summed E-state index contributed by atoms with van der Waals surface area (Å²) in [5, 5.41) is 22.3. The first-order valence-electron chi connectivity index (χ1n) is 5.98. The largest absolute Gasteiger partial charge is 0.487 e. The molecular weight excluding hydrogens is 266 g/mol. The van der Waals surface area contributed by atoms with Crippen LogP contribution in [0.4, 0.5) is 5.69 Å². The molecule has 1 aromatic carbocycles. The molecule has 8 heteroatoms. The molecule has 3 N–H and O–H groups in total. The molecule has 0 bridgehead atoms.